The molecule has 2 N–H and O–H groups in total. The second-order valence-electron chi connectivity index (χ2n) is 5.91. The Morgan fingerprint density at radius 3 is 2.62 bits per heavy atom. The molecule has 2 aromatic heterocycles. The van der Waals surface area contributed by atoms with Crippen molar-refractivity contribution in [3.8, 4) is 0 Å². The fraction of sp³-hybridized carbons (Fsp3) is 0.562. The van der Waals surface area contributed by atoms with Crippen LogP contribution in [0, 0.1) is 19.8 Å². The summed E-state index contributed by atoms with van der Waals surface area (Å²) in [6.07, 6.45) is 3.79. The Morgan fingerprint density at radius 1 is 1.33 bits per heavy atom. The second-order valence-corrected chi connectivity index (χ2v) is 5.91. The first-order chi connectivity index (χ1) is 11.0. The minimum absolute atomic E-state index is 0. The average Bonchev–Trinajstić information content (AvgIpc) is 3.10. The van der Waals surface area contributed by atoms with Crippen molar-refractivity contribution < 1.29 is 0 Å². The van der Waals surface area contributed by atoms with Crippen molar-refractivity contribution in [1.82, 2.24) is 30.2 Å². The molecule has 0 spiro atoms. The largest absolute Gasteiger partial charge is 0.356 e. The van der Waals surface area contributed by atoms with E-state index in [1.54, 1.807) is 13.2 Å². The smallest absolute Gasteiger partial charge is 0.191 e. The predicted octanol–water partition coefficient (Wildman–Crippen LogP) is 1.85. The minimum atomic E-state index is 0. The zero-order valence-electron chi connectivity index (χ0n) is 15.1. The first-order valence-electron chi connectivity index (χ1n) is 7.92. The van der Waals surface area contributed by atoms with E-state index in [-0.39, 0.29) is 24.0 Å². The first-order valence-corrected chi connectivity index (χ1v) is 7.92. The summed E-state index contributed by atoms with van der Waals surface area (Å²) in [5.74, 6) is 1.26. The van der Waals surface area contributed by atoms with Gasteiger partial charge in [0.05, 0.1) is 5.69 Å². The van der Waals surface area contributed by atoms with Crippen LogP contribution in [0.2, 0.25) is 0 Å². The fourth-order valence-electron chi connectivity index (χ4n) is 2.53. The second kappa shape index (κ2) is 9.65. The summed E-state index contributed by atoms with van der Waals surface area (Å²) in [6.45, 7) is 8.75. The number of rotatable bonds is 6. The van der Waals surface area contributed by atoms with Gasteiger partial charge in [-0.1, -0.05) is 6.92 Å². The molecule has 0 radical (unpaired) electrons. The lowest BCUT2D eigenvalue weighted by Gasteiger charge is -2.16. The molecule has 0 aliphatic carbocycles. The third-order valence-corrected chi connectivity index (χ3v) is 3.99. The van der Waals surface area contributed by atoms with Gasteiger partial charge in [0.1, 0.15) is 0 Å². The van der Waals surface area contributed by atoms with Crippen molar-refractivity contribution in [2.45, 2.75) is 33.9 Å². The highest BCUT2D eigenvalue weighted by molar-refractivity contribution is 14.0. The lowest BCUT2D eigenvalue weighted by molar-refractivity contribution is 0.443. The van der Waals surface area contributed by atoms with Crippen LogP contribution in [0.4, 0.5) is 0 Å². The quantitative estimate of drug-likeness (QED) is 0.405. The van der Waals surface area contributed by atoms with E-state index in [0.717, 1.165) is 31.3 Å². The van der Waals surface area contributed by atoms with Crippen LogP contribution in [-0.4, -0.2) is 39.1 Å². The minimum Gasteiger partial charge on any atom is -0.356 e. The van der Waals surface area contributed by atoms with Gasteiger partial charge in [0.25, 0.3) is 0 Å². The van der Waals surface area contributed by atoms with E-state index in [2.05, 4.69) is 39.7 Å². The van der Waals surface area contributed by atoms with Crippen LogP contribution in [0.25, 0.3) is 0 Å². The van der Waals surface area contributed by atoms with Crippen molar-refractivity contribution >= 4 is 29.9 Å². The van der Waals surface area contributed by atoms with Crippen molar-refractivity contribution in [3.05, 3.63) is 35.4 Å². The summed E-state index contributed by atoms with van der Waals surface area (Å²) in [6, 6.07) is 1.94. The van der Waals surface area contributed by atoms with Gasteiger partial charge >= 0.3 is 0 Å². The Bertz CT molecular complexity index is 646. The van der Waals surface area contributed by atoms with Crippen LogP contribution in [0.3, 0.4) is 0 Å². The summed E-state index contributed by atoms with van der Waals surface area (Å²) < 4.78 is 3.86. The molecule has 1 atom stereocenters. The van der Waals surface area contributed by atoms with E-state index in [1.807, 2.05) is 35.6 Å². The van der Waals surface area contributed by atoms with Crippen LogP contribution in [-0.2, 0) is 20.1 Å². The average molecular weight is 445 g/mol. The third-order valence-electron chi connectivity index (χ3n) is 3.99. The maximum atomic E-state index is 4.44. The molecule has 0 bridgehead atoms. The van der Waals surface area contributed by atoms with E-state index in [9.17, 15) is 0 Å². The van der Waals surface area contributed by atoms with Gasteiger partial charge in [-0.15, -0.1) is 24.0 Å². The molecule has 2 rings (SSSR count). The predicted molar refractivity (Wildman–Crippen MR) is 108 cm³/mol. The molecule has 0 fully saturated rings. The first kappa shape index (κ1) is 20.5. The standard InChI is InChI=1S/C16H27N7.HI/c1-12(11-23-8-6-7-20-23)9-18-16(17-4)19-10-15-13(2)21-22(5)14(15)3;/h6-8,12H,9-11H2,1-5H3,(H2,17,18,19);1H. The maximum absolute atomic E-state index is 4.44. The molecular weight excluding hydrogens is 417 g/mol. The molecule has 2 heterocycles. The van der Waals surface area contributed by atoms with Crippen LogP contribution < -0.4 is 10.6 Å². The highest BCUT2D eigenvalue weighted by atomic mass is 127. The molecule has 7 nitrogen and oxygen atoms in total. The Balaban J connectivity index is 0.00000288. The summed E-state index contributed by atoms with van der Waals surface area (Å²) >= 11 is 0. The van der Waals surface area contributed by atoms with Crippen molar-refractivity contribution in [1.29, 1.82) is 0 Å². The van der Waals surface area contributed by atoms with Crippen molar-refractivity contribution in [2.75, 3.05) is 13.6 Å². The summed E-state index contributed by atoms with van der Waals surface area (Å²) in [5.41, 5.74) is 3.46. The van der Waals surface area contributed by atoms with Crippen LogP contribution in [0.5, 0.6) is 0 Å². The molecule has 0 amide bonds. The van der Waals surface area contributed by atoms with Gasteiger partial charge in [-0.2, -0.15) is 10.2 Å². The molecular formula is C16H28IN7. The Hall–Kier alpha value is -1.58. The van der Waals surface area contributed by atoms with Gasteiger partial charge < -0.3 is 10.6 Å². The van der Waals surface area contributed by atoms with Gasteiger partial charge in [0.2, 0.25) is 0 Å². The van der Waals surface area contributed by atoms with E-state index in [0.29, 0.717) is 5.92 Å². The Morgan fingerprint density at radius 2 is 2.08 bits per heavy atom. The molecule has 0 saturated carbocycles. The zero-order chi connectivity index (χ0) is 16.8. The highest BCUT2D eigenvalue weighted by Crippen LogP contribution is 2.11. The Labute approximate surface area is 160 Å². The number of hydrogen-bond donors (Lipinski definition) is 2. The summed E-state index contributed by atoms with van der Waals surface area (Å²) in [4.78, 5) is 4.28. The van der Waals surface area contributed by atoms with Crippen LogP contribution in [0.1, 0.15) is 23.9 Å². The third kappa shape index (κ3) is 5.50. The van der Waals surface area contributed by atoms with E-state index in [1.165, 1.54) is 11.3 Å². The molecule has 0 aliphatic rings. The van der Waals surface area contributed by atoms with E-state index in [4.69, 9.17) is 0 Å². The van der Waals surface area contributed by atoms with Gasteiger partial charge in [-0.25, -0.2) is 0 Å². The summed E-state index contributed by atoms with van der Waals surface area (Å²) in [7, 11) is 3.76. The number of halogens is 1. The van der Waals surface area contributed by atoms with E-state index >= 15 is 0 Å². The van der Waals surface area contributed by atoms with E-state index < -0.39 is 0 Å². The number of nitrogens with one attached hydrogen (secondary N) is 2. The molecule has 0 aromatic carbocycles. The lowest BCUT2D eigenvalue weighted by Crippen LogP contribution is -2.39. The van der Waals surface area contributed by atoms with Crippen molar-refractivity contribution in [3.63, 3.8) is 0 Å². The van der Waals surface area contributed by atoms with Crippen LogP contribution >= 0.6 is 24.0 Å². The molecule has 2 aromatic rings. The molecule has 134 valence electrons. The van der Waals surface area contributed by atoms with Gasteiger partial charge in [0, 0.05) is 57.4 Å². The lowest BCUT2D eigenvalue weighted by atomic mass is 10.2. The number of hydrogen-bond acceptors (Lipinski definition) is 3. The van der Waals surface area contributed by atoms with Gasteiger partial charge in [-0.05, 0) is 25.8 Å². The zero-order valence-corrected chi connectivity index (χ0v) is 17.4. The normalized spacial score (nSPS) is 12.6. The molecule has 24 heavy (non-hydrogen) atoms. The number of guanidine groups is 1. The highest BCUT2D eigenvalue weighted by Gasteiger charge is 2.10. The fourth-order valence-corrected chi connectivity index (χ4v) is 2.53. The molecule has 8 heteroatoms. The van der Waals surface area contributed by atoms with Crippen molar-refractivity contribution in [2.24, 2.45) is 18.0 Å². The summed E-state index contributed by atoms with van der Waals surface area (Å²) in [5, 5.41) is 15.4. The number of aliphatic imine (C=N–C) groups is 1. The van der Waals surface area contributed by atoms with Gasteiger partial charge in [0.15, 0.2) is 5.96 Å². The maximum Gasteiger partial charge on any atom is 0.191 e. The van der Waals surface area contributed by atoms with Crippen LogP contribution in [0.15, 0.2) is 23.5 Å². The number of nitrogens with zero attached hydrogens (tertiary/aromatic N) is 5. The SMILES string of the molecule is CN=C(NCc1c(C)nn(C)c1C)NCC(C)Cn1cccn1.I. The molecule has 1 unspecified atom stereocenters. The monoisotopic (exact) mass is 445 g/mol. The Kier molecular flexibility index (Phi) is 8.23. The number of aryl methyl sites for hydroxylation is 2. The number of aromatic nitrogens is 4. The molecule has 0 aliphatic heterocycles. The molecule has 0 saturated heterocycles. The van der Waals surface area contributed by atoms with Gasteiger partial charge in [-0.3, -0.25) is 14.4 Å². The topological polar surface area (TPSA) is 72.1 Å².